The van der Waals surface area contributed by atoms with Gasteiger partial charge in [0.1, 0.15) is 5.75 Å². The second-order valence-electron chi connectivity index (χ2n) is 4.99. The fourth-order valence-corrected chi connectivity index (χ4v) is 2.31. The molecule has 1 aromatic carbocycles. The Morgan fingerprint density at radius 1 is 1.18 bits per heavy atom. The normalized spacial score (nSPS) is 24.3. The summed E-state index contributed by atoms with van der Waals surface area (Å²) in [4.78, 5) is 12.0. The maximum atomic E-state index is 12.0. The van der Waals surface area contributed by atoms with Gasteiger partial charge in [0.05, 0.1) is 0 Å². The lowest BCUT2D eigenvalue weighted by molar-refractivity contribution is -0.121. The zero-order valence-corrected chi connectivity index (χ0v) is 10.1. The van der Waals surface area contributed by atoms with E-state index in [1.807, 2.05) is 0 Å². The molecule has 3 heteroatoms. The summed E-state index contributed by atoms with van der Waals surface area (Å²) in [6.45, 7) is 2.24. The van der Waals surface area contributed by atoms with Gasteiger partial charge in [0, 0.05) is 11.6 Å². The molecule has 1 saturated carbocycles. The number of aromatic hydroxyl groups is 1. The molecule has 1 amide bonds. The third kappa shape index (κ3) is 3.22. The van der Waals surface area contributed by atoms with Crippen molar-refractivity contribution in [2.24, 2.45) is 11.8 Å². The fourth-order valence-electron chi connectivity index (χ4n) is 2.31. The number of hydrogen-bond donors (Lipinski definition) is 2. The van der Waals surface area contributed by atoms with Gasteiger partial charge in [-0.1, -0.05) is 6.92 Å². The Balaban J connectivity index is 1.90. The molecule has 0 bridgehead atoms. The van der Waals surface area contributed by atoms with Gasteiger partial charge in [0.15, 0.2) is 0 Å². The van der Waals surface area contributed by atoms with Crippen LogP contribution in [-0.4, -0.2) is 11.0 Å². The first-order valence-corrected chi connectivity index (χ1v) is 6.25. The SMILES string of the molecule is CC1CCC(C(=O)Nc2ccc(O)cc2)CC1. The summed E-state index contributed by atoms with van der Waals surface area (Å²) in [5.41, 5.74) is 0.756. The predicted octanol–water partition coefficient (Wildman–Crippen LogP) is 3.16. The lowest BCUT2D eigenvalue weighted by Gasteiger charge is -2.25. The minimum absolute atomic E-state index is 0.114. The van der Waals surface area contributed by atoms with Crippen molar-refractivity contribution in [3.63, 3.8) is 0 Å². The zero-order valence-electron chi connectivity index (χ0n) is 10.1. The number of hydrogen-bond acceptors (Lipinski definition) is 2. The highest BCUT2D eigenvalue weighted by Crippen LogP contribution is 2.29. The molecule has 1 aliphatic carbocycles. The average molecular weight is 233 g/mol. The lowest BCUT2D eigenvalue weighted by Crippen LogP contribution is -2.26. The smallest absolute Gasteiger partial charge is 0.227 e. The van der Waals surface area contributed by atoms with Gasteiger partial charge in [-0.15, -0.1) is 0 Å². The summed E-state index contributed by atoms with van der Waals surface area (Å²) in [7, 11) is 0. The van der Waals surface area contributed by atoms with Crippen LogP contribution in [0.4, 0.5) is 5.69 Å². The van der Waals surface area contributed by atoms with Crippen LogP contribution < -0.4 is 5.32 Å². The first kappa shape index (κ1) is 12.0. The molecule has 0 radical (unpaired) electrons. The number of rotatable bonds is 2. The highest BCUT2D eigenvalue weighted by atomic mass is 16.3. The van der Waals surface area contributed by atoms with Crippen molar-refractivity contribution < 1.29 is 9.90 Å². The van der Waals surface area contributed by atoms with Crippen molar-refractivity contribution in [1.82, 2.24) is 0 Å². The third-order valence-corrected chi connectivity index (χ3v) is 3.52. The Labute approximate surface area is 102 Å². The Bertz CT molecular complexity index is 378. The molecule has 0 unspecified atom stereocenters. The zero-order chi connectivity index (χ0) is 12.3. The van der Waals surface area contributed by atoms with E-state index in [1.165, 1.54) is 0 Å². The summed E-state index contributed by atoms with van der Waals surface area (Å²) in [5, 5.41) is 12.1. The van der Waals surface area contributed by atoms with E-state index in [0.29, 0.717) is 0 Å². The van der Waals surface area contributed by atoms with Gasteiger partial charge in [-0.25, -0.2) is 0 Å². The standard InChI is InChI=1S/C14H19NO2/c1-10-2-4-11(5-3-10)14(17)15-12-6-8-13(16)9-7-12/h6-11,16H,2-5H2,1H3,(H,15,17). The van der Waals surface area contributed by atoms with Crippen molar-refractivity contribution in [3.8, 4) is 5.75 Å². The second-order valence-corrected chi connectivity index (χ2v) is 4.99. The number of amides is 1. The Morgan fingerprint density at radius 3 is 2.35 bits per heavy atom. The second kappa shape index (κ2) is 5.21. The van der Waals surface area contributed by atoms with Crippen molar-refractivity contribution in [2.75, 3.05) is 5.32 Å². The number of anilines is 1. The van der Waals surface area contributed by atoms with Gasteiger partial charge < -0.3 is 10.4 Å². The van der Waals surface area contributed by atoms with E-state index in [9.17, 15) is 4.79 Å². The Morgan fingerprint density at radius 2 is 1.76 bits per heavy atom. The lowest BCUT2D eigenvalue weighted by atomic mass is 9.82. The maximum Gasteiger partial charge on any atom is 0.227 e. The van der Waals surface area contributed by atoms with E-state index in [2.05, 4.69) is 12.2 Å². The minimum Gasteiger partial charge on any atom is -0.508 e. The molecular formula is C14H19NO2. The fraction of sp³-hybridized carbons (Fsp3) is 0.500. The highest BCUT2D eigenvalue weighted by Gasteiger charge is 2.24. The third-order valence-electron chi connectivity index (χ3n) is 3.52. The number of carbonyl (C=O) groups is 1. The summed E-state index contributed by atoms with van der Waals surface area (Å²) < 4.78 is 0. The molecule has 0 aromatic heterocycles. The number of benzene rings is 1. The van der Waals surface area contributed by atoms with Crippen LogP contribution in [0, 0.1) is 11.8 Å². The molecular weight excluding hydrogens is 214 g/mol. The molecule has 92 valence electrons. The van der Waals surface area contributed by atoms with E-state index in [4.69, 9.17) is 5.11 Å². The van der Waals surface area contributed by atoms with Crippen molar-refractivity contribution in [3.05, 3.63) is 24.3 Å². The molecule has 0 saturated heterocycles. The molecule has 3 nitrogen and oxygen atoms in total. The summed E-state index contributed by atoms with van der Waals surface area (Å²) >= 11 is 0. The Kier molecular flexibility index (Phi) is 3.67. The van der Waals surface area contributed by atoms with Gasteiger partial charge in [-0.3, -0.25) is 4.79 Å². The van der Waals surface area contributed by atoms with Crippen molar-refractivity contribution in [2.45, 2.75) is 32.6 Å². The maximum absolute atomic E-state index is 12.0. The van der Waals surface area contributed by atoms with Crippen LogP contribution in [0.3, 0.4) is 0 Å². The average Bonchev–Trinajstić information content (AvgIpc) is 2.33. The van der Waals surface area contributed by atoms with Crippen LogP contribution in [0.25, 0.3) is 0 Å². The quantitative estimate of drug-likeness (QED) is 0.771. The van der Waals surface area contributed by atoms with E-state index < -0.39 is 0 Å². The topological polar surface area (TPSA) is 49.3 Å². The largest absolute Gasteiger partial charge is 0.508 e. The Hall–Kier alpha value is -1.51. The molecule has 1 fully saturated rings. The van der Waals surface area contributed by atoms with Gasteiger partial charge in [0.2, 0.25) is 5.91 Å². The van der Waals surface area contributed by atoms with Gasteiger partial charge in [0.25, 0.3) is 0 Å². The summed E-state index contributed by atoms with van der Waals surface area (Å²) in [5.74, 6) is 1.24. The molecule has 0 atom stereocenters. The summed E-state index contributed by atoms with van der Waals surface area (Å²) in [6, 6.07) is 6.61. The van der Waals surface area contributed by atoms with Gasteiger partial charge in [-0.05, 0) is 55.9 Å². The summed E-state index contributed by atoms with van der Waals surface area (Å²) in [6.07, 6.45) is 4.28. The first-order valence-electron chi connectivity index (χ1n) is 6.25. The minimum atomic E-state index is 0.114. The van der Waals surface area contributed by atoms with E-state index in [1.54, 1.807) is 24.3 Å². The molecule has 0 heterocycles. The number of carbonyl (C=O) groups excluding carboxylic acids is 1. The number of phenols is 1. The molecule has 2 rings (SSSR count). The van der Waals surface area contributed by atoms with E-state index in [-0.39, 0.29) is 17.6 Å². The molecule has 0 spiro atoms. The van der Waals surface area contributed by atoms with Crippen LogP contribution in [-0.2, 0) is 4.79 Å². The molecule has 1 aliphatic rings. The molecule has 1 aromatic rings. The molecule has 2 N–H and O–H groups in total. The van der Waals surface area contributed by atoms with E-state index in [0.717, 1.165) is 37.3 Å². The molecule has 0 aliphatic heterocycles. The first-order chi connectivity index (χ1) is 8.15. The van der Waals surface area contributed by atoms with Gasteiger partial charge in [-0.2, -0.15) is 0 Å². The monoisotopic (exact) mass is 233 g/mol. The van der Waals surface area contributed by atoms with Crippen LogP contribution in [0.15, 0.2) is 24.3 Å². The van der Waals surface area contributed by atoms with Gasteiger partial charge >= 0.3 is 0 Å². The number of phenolic OH excluding ortho intramolecular Hbond substituents is 1. The van der Waals surface area contributed by atoms with Crippen molar-refractivity contribution >= 4 is 11.6 Å². The van der Waals surface area contributed by atoms with Crippen LogP contribution in [0.1, 0.15) is 32.6 Å². The highest BCUT2D eigenvalue weighted by molar-refractivity contribution is 5.92. The van der Waals surface area contributed by atoms with E-state index >= 15 is 0 Å². The van der Waals surface area contributed by atoms with Crippen LogP contribution in [0.5, 0.6) is 5.75 Å². The van der Waals surface area contributed by atoms with Crippen LogP contribution in [0.2, 0.25) is 0 Å². The van der Waals surface area contributed by atoms with Crippen LogP contribution >= 0.6 is 0 Å². The van der Waals surface area contributed by atoms with Crippen molar-refractivity contribution in [1.29, 1.82) is 0 Å². The molecule has 17 heavy (non-hydrogen) atoms. The number of nitrogens with one attached hydrogen (secondary N) is 1. The predicted molar refractivity (Wildman–Crippen MR) is 67.9 cm³/mol.